The lowest BCUT2D eigenvalue weighted by Crippen LogP contribution is -2.51. The second kappa shape index (κ2) is 8.45. The predicted octanol–water partition coefficient (Wildman–Crippen LogP) is 2.93. The number of hydrogen-bond donors (Lipinski definition) is 2. The van der Waals surface area contributed by atoms with Gasteiger partial charge in [-0.25, -0.2) is 8.42 Å². The minimum atomic E-state index is -3.45. The van der Waals surface area contributed by atoms with Gasteiger partial charge in [-0.3, -0.25) is 9.58 Å². The van der Waals surface area contributed by atoms with Gasteiger partial charge in [0.1, 0.15) is 4.90 Å². The number of aromatic nitrogens is 2. The number of unbranched alkanes of at least 4 members (excludes halogenated alkanes) is 1. The molecule has 1 fully saturated rings. The molecule has 7 nitrogen and oxygen atoms in total. The minimum Gasteiger partial charge on any atom is -0.368 e. The number of nitrogens with zero attached hydrogens (tertiary/aromatic N) is 3. The minimum absolute atomic E-state index is 0.240. The quantitative estimate of drug-likeness (QED) is 0.756. The maximum Gasteiger partial charge on any atom is 0.244 e. The third kappa shape index (κ3) is 4.49. The molecule has 2 N–H and O–H groups in total. The van der Waals surface area contributed by atoms with Gasteiger partial charge in [-0.15, -0.1) is 0 Å². The van der Waals surface area contributed by atoms with Crippen LogP contribution in [0.5, 0.6) is 0 Å². The Balaban J connectivity index is 1.35. The molecule has 0 radical (unpaired) electrons. The van der Waals surface area contributed by atoms with Crippen molar-refractivity contribution in [3.63, 3.8) is 0 Å². The van der Waals surface area contributed by atoms with Gasteiger partial charge in [-0.05, 0) is 57.3 Å². The van der Waals surface area contributed by atoms with Crippen molar-refractivity contribution >= 4 is 15.7 Å². The van der Waals surface area contributed by atoms with Gasteiger partial charge < -0.3 is 5.32 Å². The van der Waals surface area contributed by atoms with E-state index in [9.17, 15) is 8.42 Å². The van der Waals surface area contributed by atoms with Crippen molar-refractivity contribution in [2.75, 3.05) is 18.4 Å². The molecule has 2 aliphatic heterocycles. The standard InChI is InChI=1S/C21H31N5O2S/c1-3-4-11-26-15-18(16(2)23-26)14-25-12-9-17(10-13-25)21-22-19-7-5-6-8-20(19)29(27,28)24-21/h5-8,15,17,21-22,24H,3-4,9-14H2,1-2H3. The molecule has 8 heteroatoms. The lowest BCUT2D eigenvalue weighted by molar-refractivity contribution is 0.163. The van der Waals surface area contributed by atoms with Crippen LogP contribution >= 0.6 is 0 Å². The van der Waals surface area contributed by atoms with Crippen LogP contribution in [-0.4, -0.2) is 42.4 Å². The van der Waals surface area contributed by atoms with Crippen LogP contribution in [0.25, 0.3) is 0 Å². The summed E-state index contributed by atoms with van der Waals surface area (Å²) in [7, 11) is -3.45. The Bertz CT molecular complexity index is 948. The van der Waals surface area contributed by atoms with Gasteiger partial charge in [0, 0.05) is 24.8 Å². The maximum atomic E-state index is 12.6. The molecule has 3 heterocycles. The number of rotatable bonds is 6. The van der Waals surface area contributed by atoms with Gasteiger partial charge in [-0.1, -0.05) is 25.5 Å². The Morgan fingerprint density at radius 2 is 1.97 bits per heavy atom. The highest BCUT2D eigenvalue weighted by atomic mass is 32.2. The highest BCUT2D eigenvalue weighted by Crippen LogP contribution is 2.31. The third-order valence-corrected chi connectivity index (χ3v) is 7.56. The molecule has 1 saturated heterocycles. The van der Waals surface area contributed by atoms with E-state index >= 15 is 0 Å². The van der Waals surface area contributed by atoms with Crippen molar-refractivity contribution in [2.24, 2.45) is 5.92 Å². The third-order valence-electron chi connectivity index (χ3n) is 6.06. The van der Waals surface area contributed by atoms with E-state index in [1.165, 1.54) is 12.0 Å². The highest BCUT2D eigenvalue weighted by Gasteiger charge is 2.35. The van der Waals surface area contributed by atoms with Crippen LogP contribution in [0.2, 0.25) is 0 Å². The molecule has 1 aromatic heterocycles. The van der Waals surface area contributed by atoms with E-state index in [4.69, 9.17) is 0 Å². The normalized spacial score (nSPS) is 22.2. The molecule has 0 saturated carbocycles. The van der Waals surface area contributed by atoms with Crippen molar-refractivity contribution in [3.8, 4) is 0 Å². The lowest BCUT2D eigenvalue weighted by Gasteiger charge is -2.38. The number of sulfonamides is 1. The Morgan fingerprint density at radius 3 is 2.72 bits per heavy atom. The first kappa shape index (κ1) is 20.4. The van der Waals surface area contributed by atoms with Crippen LogP contribution < -0.4 is 10.0 Å². The van der Waals surface area contributed by atoms with Crippen molar-refractivity contribution in [3.05, 3.63) is 41.7 Å². The van der Waals surface area contributed by atoms with Gasteiger partial charge in [0.15, 0.2) is 0 Å². The number of likely N-dealkylation sites (tertiary alicyclic amines) is 1. The number of anilines is 1. The number of piperidine rings is 1. The summed E-state index contributed by atoms with van der Waals surface area (Å²) in [6.45, 7) is 8.10. The Labute approximate surface area is 173 Å². The molecule has 1 aromatic carbocycles. The second-order valence-electron chi connectivity index (χ2n) is 8.21. The monoisotopic (exact) mass is 417 g/mol. The fourth-order valence-electron chi connectivity index (χ4n) is 4.30. The maximum absolute atomic E-state index is 12.6. The summed E-state index contributed by atoms with van der Waals surface area (Å²) in [4.78, 5) is 2.79. The van der Waals surface area contributed by atoms with Crippen LogP contribution in [-0.2, 0) is 23.1 Å². The zero-order valence-corrected chi connectivity index (χ0v) is 18.1. The molecular formula is C21H31N5O2S. The van der Waals surface area contributed by atoms with Crippen molar-refractivity contribution < 1.29 is 8.42 Å². The average molecular weight is 418 g/mol. The average Bonchev–Trinajstić information content (AvgIpc) is 3.05. The van der Waals surface area contributed by atoms with E-state index < -0.39 is 10.0 Å². The number of para-hydroxylation sites is 1. The van der Waals surface area contributed by atoms with E-state index in [0.717, 1.165) is 51.1 Å². The topological polar surface area (TPSA) is 79.3 Å². The SMILES string of the molecule is CCCCn1cc(CN2CCC(C3Nc4ccccc4S(=O)(=O)N3)CC2)c(C)n1. The lowest BCUT2D eigenvalue weighted by atomic mass is 9.93. The summed E-state index contributed by atoms with van der Waals surface area (Å²) in [5.41, 5.74) is 3.11. The Kier molecular flexibility index (Phi) is 5.94. The van der Waals surface area contributed by atoms with Crippen molar-refractivity contribution in [1.29, 1.82) is 0 Å². The summed E-state index contributed by atoms with van der Waals surface area (Å²) in [6.07, 6.45) is 6.20. The van der Waals surface area contributed by atoms with Crippen LogP contribution in [0.4, 0.5) is 5.69 Å². The smallest absolute Gasteiger partial charge is 0.244 e. The summed E-state index contributed by atoms with van der Waals surface area (Å²) >= 11 is 0. The molecule has 1 atom stereocenters. The summed E-state index contributed by atoms with van der Waals surface area (Å²) < 4.78 is 30.1. The van der Waals surface area contributed by atoms with Gasteiger partial charge in [0.25, 0.3) is 0 Å². The molecule has 0 amide bonds. The van der Waals surface area contributed by atoms with E-state index in [2.05, 4.69) is 44.8 Å². The van der Waals surface area contributed by atoms with Crippen LogP contribution in [0.15, 0.2) is 35.4 Å². The molecule has 158 valence electrons. The number of aryl methyl sites for hydroxylation is 2. The van der Waals surface area contributed by atoms with E-state index in [1.54, 1.807) is 12.1 Å². The van der Waals surface area contributed by atoms with Crippen molar-refractivity contribution in [2.45, 2.75) is 63.7 Å². The zero-order chi connectivity index (χ0) is 20.4. The van der Waals surface area contributed by atoms with Crippen LogP contribution in [0.3, 0.4) is 0 Å². The van der Waals surface area contributed by atoms with E-state index in [1.807, 2.05) is 12.1 Å². The molecule has 0 bridgehead atoms. The fourth-order valence-corrected chi connectivity index (χ4v) is 5.68. The molecular weight excluding hydrogens is 386 g/mol. The Morgan fingerprint density at radius 1 is 1.21 bits per heavy atom. The molecule has 1 unspecified atom stereocenters. The highest BCUT2D eigenvalue weighted by molar-refractivity contribution is 7.89. The molecule has 0 spiro atoms. The summed E-state index contributed by atoms with van der Waals surface area (Å²) in [5, 5.41) is 8.04. The number of nitrogens with one attached hydrogen (secondary N) is 2. The second-order valence-corrected chi connectivity index (χ2v) is 9.89. The first-order valence-electron chi connectivity index (χ1n) is 10.6. The molecule has 4 rings (SSSR count). The van der Waals surface area contributed by atoms with Gasteiger partial charge in [-0.2, -0.15) is 9.82 Å². The summed E-state index contributed by atoms with van der Waals surface area (Å²) in [5.74, 6) is 0.280. The van der Waals surface area contributed by atoms with E-state index in [-0.39, 0.29) is 12.1 Å². The Hall–Kier alpha value is -1.90. The molecule has 29 heavy (non-hydrogen) atoms. The molecule has 0 aliphatic carbocycles. The molecule has 2 aromatic rings. The van der Waals surface area contributed by atoms with Gasteiger partial charge >= 0.3 is 0 Å². The summed E-state index contributed by atoms with van der Waals surface area (Å²) in [6, 6.07) is 7.11. The van der Waals surface area contributed by atoms with Crippen LogP contribution in [0, 0.1) is 12.8 Å². The van der Waals surface area contributed by atoms with Crippen LogP contribution in [0.1, 0.15) is 43.9 Å². The number of fused-ring (bicyclic) bond motifs is 1. The van der Waals surface area contributed by atoms with Gasteiger partial charge in [0.05, 0.1) is 17.5 Å². The number of hydrogen-bond acceptors (Lipinski definition) is 5. The number of benzene rings is 1. The van der Waals surface area contributed by atoms with E-state index in [0.29, 0.717) is 10.6 Å². The first-order chi connectivity index (χ1) is 14.0. The predicted molar refractivity (Wildman–Crippen MR) is 114 cm³/mol. The zero-order valence-electron chi connectivity index (χ0n) is 17.3. The largest absolute Gasteiger partial charge is 0.368 e. The fraction of sp³-hybridized carbons (Fsp3) is 0.571. The van der Waals surface area contributed by atoms with Crippen molar-refractivity contribution in [1.82, 2.24) is 19.4 Å². The van der Waals surface area contributed by atoms with Gasteiger partial charge in [0.2, 0.25) is 10.0 Å². The molecule has 2 aliphatic rings. The first-order valence-corrected chi connectivity index (χ1v) is 12.1.